The fraction of sp³-hybridized carbons (Fsp3) is 0.381. The van der Waals surface area contributed by atoms with Gasteiger partial charge in [-0.15, -0.1) is 0 Å². The Labute approximate surface area is 155 Å². The Morgan fingerprint density at radius 3 is 2.65 bits per heavy atom. The van der Waals surface area contributed by atoms with Crippen LogP contribution in [0, 0.1) is 6.92 Å². The standard InChI is InChI=1S/C21H27N3O2/c1-3-22-21(23-14-17-7-4-6-16(2)12-17)24-15-18-8-9-19-20(13-18)26-11-5-10-25-19/h4,6-9,12-13H,3,5,10-11,14-15H2,1-2H3,(H2,22,23,24). The van der Waals surface area contributed by atoms with E-state index < -0.39 is 0 Å². The van der Waals surface area contributed by atoms with Crippen LogP contribution in [0.25, 0.3) is 0 Å². The third kappa shape index (κ3) is 5.15. The monoisotopic (exact) mass is 353 g/mol. The highest BCUT2D eigenvalue weighted by atomic mass is 16.5. The lowest BCUT2D eigenvalue weighted by atomic mass is 10.1. The van der Waals surface area contributed by atoms with Gasteiger partial charge in [0.05, 0.1) is 19.8 Å². The molecule has 26 heavy (non-hydrogen) atoms. The lowest BCUT2D eigenvalue weighted by Crippen LogP contribution is -2.36. The molecule has 0 bridgehead atoms. The maximum atomic E-state index is 5.76. The van der Waals surface area contributed by atoms with Crippen LogP contribution >= 0.6 is 0 Å². The number of aliphatic imine (C=N–C) groups is 1. The summed E-state index contributed by atoms with van der Waals surface area (Å²) in [5.41, 5.74) is 3.59. The highest BCUT2D eigenvalue weighted by Crippen LogP contribution is 2.30. The summed E-state index contributed by atoms with van der Waals surface area (Å²) in [6.07, 6.45) is 0.915. The van der Waals surface area contributed by atoms with Gasteiger partial charge in [-0.05, 0) is 37.1 Å². The summed E-state index contributed by atoms with van der Waals surface area (Å²) >= 11 is 0. The molecule has 3 rings (SSSR count). The van der Waals surface area contributed by atoms with E-state index in [4.69, 9.17) is 9.47 Å². The minimum absolute atomic E-state index is 0.651. The largest absolute Gasteiger partial charge is 0.490 e. The first-order valence-corrected chi connectivity index (χ1v) is 9.21. The first-order chi connectivity index (χ1) is 12.7. The van der Waals surface area contributed by atoms with Gasteiger partial charge in [0, 0.05) is 19.5 Å². The zero-order chi connectivity index (χ0) is 18.2. The van der Waals surface area contributed by atoms with Crippen LogP contribution in [-0.4, -0.2) is 25.7 Å². The minimum atomic E-state index is 0.651. The average Bonchev–Trinajstić information content (AvgIpc) is 2.89. The van der Waals surface area contributed by atoms with Crippen LogP contribution in [0.3, 0.4) is 0 Å². The molecule has 2 aromatic carbocycles. The van der Waals surface area contributed by atoms with E-state index in [9.17, 15) is 0 Å². The Balaban J connectivity index is 1.63. The van der Waals surface area contributed by atoms with Crippen molar-refractivity contribution >= 4 is 5.96 Å². The third-order valence-electron chi connectivity index (χ3n) is 4.12. The van der Waals surface area contributed by atoms with Crippen LogP contribution in [-0.2, 0) is 13.1 Å². The molecule has 0 saturated heterocycles. The molecule has 0 spiro atoms. The van der Waals surface area contributed by atoms with Gasteiger partial charge >= 0.3 is 0 Å². The molecular formula is C21H27N3O2. The summed E-state index contributed by atoms with van der Waals surface area (Å²) < 4.78 is 11.4. The average molecular weight is 353 g/mol. The van der Waals surface area contributed by atoms with Crippen molar-refractivity contribution in [2.24, 2.45) is 4.99 Å². The maximum absolute atomic E-state index is 5.76. The van der Waals surface area contributed by atoms with E-state index in [0.717, 1.165) is 36.0 Å². The Hall–Kier alpha value is -2.69. The van der Waals surface area contributed by atoms with Gasteiger partial charge in [-0.1, -0.05) is 35.9 Å². The van der Waals surface area contributed by atoms with Gasteiger partial charge < -0.3 is 20.1 Å². The van der Waals surface area contributed by atoms with E-state index in [1.165, 1.54) is 11.1 Å². The Bertz CT molecular complexity index is 759. The normalized spacial score (nSPS) is 13.8. The lowest BCUT2D eigenvalue weighted by Gasteiger charge is -2.13. The van der Waals surface area contributed by atoms with E-state index in [1.807, 2.05) is 12.1 Å². The number of fused-ring (bicyclic) bond motifs is 1. The summed E-state index contributed by atoms with van der Waals surface area (Å²) in [4.78, 5) is 4.68. The molecule has 0 atom stereocenters. The van der Waals surface area contributed by atoms with E-state index in [1.54, 1.807) is 0 Å². The SMILES string of the molecule is CCNC(=NCc1cccc(C)c1)NCc1ccc2c(c1)OCCCO2. The minimum Gasteiger partial charge on any atom is -0.490 e. The van der Waals surface area contributed by atoms with E-state index in [2.05, 4.69) is 59.8 Å². The molecule has 0 aliphatic carbocycles. The zero-order valence-corrected chi connectivity index (χ0v) is 15.5. The van der Waals surface area contributed by atoms with Gasteiger partial charge in [0.15, 0.2) is 17.5 Å². The number of aryl methyl sites for hydroxylation is 1. The van der Waals surface area contributed by atoms with Crippen molar-refractivity contribution in [1.82, 2.24) is 10.6 Å². The van der Waals surface area contributed by atoms with E-state index in [0.29, 0.717) is 26.3 Å². The van der Waals surface area contributed by atoms with Crippen molar-refractivity contribution in [3.05, 3.63) is 59.2 Å². The number of rotatable bonds is 5. The van der Waals surface area contributed by atoms with Crippen LogP contribution in [0.15, 0.2) is 47.5 Å². The molecule has 0 unspecified atom stereocenters. The molecule has 2 aromatic rings. The molecule has 138 valence electrons. The number of guanidine groups is 1. The van der Waals surface area contributed by atoms with Crippen molar-refractivity contribution in [3.8, 4) is 11.5 Å². The molecular weight excluding hydrogens is 326 g/mol. The number of nitrogens with one attached hydrogen (secondary N) is 2. The van der Waals surface area contributed by atoms with Crippen LogP contribution in [0.4, 0.5) is 0 Å². The van der Waals surface area contributed by atoms with Crippen LogP contribution in [0.2, 0.25) is 0 Å². The second kappa shape index (κ2) is 9.13. The molecule has 0 amide bonds. The van der Waals surface area contributed by atoms with Gasteiger partial charge in [0.2, 0.25) is 0 Å². The van der Waals surface area contributed by atoms with Crippen molar-refractivity contribution in [2.45, 2.75) is 33.4 Å². The predicted molar refractivity (Wildman–Crippen MR) is 105 cm³/mol. The van der Waals surface area contributed by atoms with Crippen LogP contribution in [0.5, 0.6) is 11.5 Å². The van der Waals surface area contributed by atoms with E-state index in [-0.39, 0.29) is 0 Å². The number of hydrogen-bond donors (Lipinski definition) is 2. The highest BCUT2D eigenvalue weighted by Gasteiger charge is 2.10. The van der Waals surface area contributed by atoms with Gasteiger partial charge in [-0.25, -0.2) is 4.99 Å². The summed E-state index contributed by atoms with van der Waals surface area (Å²) in [5, 5.41) is 6.68. The molecule has 2 N–H and O–H groups in total. The van der Waals surface area contributed by atoms with Crippen molar-refractivity contribution in [3.63, 3.8) is 0 Å². The molecule has 0 fully saturated rings. The molecule has 1 heterocycles. The Morgan fingerprint density at radius 2 is 1.85 bits per heavy atom. The lowest BCUT2D eigenvalue weighted by molar-refractivity contribution is 0.297. The molecule has 0 saturated carbocycles. The van der Waals surface area contributed by atoms with Crippen LogP contribution in [0.1, 0.15) is 30.0 Å². The van der Waals surface area contributed by atoms with Gasteiger partial charge in [-0.3, -0.25) is 0 Å². The molecule has 5 heteroatoms. The third-order valence-corrected chi connectivity index (χ3v) is 4.12. The van der Waals surface area contributed by atoms with Crippen molar-refractivity contribution < 1.29 is 9.47 Å². The summed E-state index contributed by atoms with van der Waals surface area (Å²) in [6.45, 7) is 7.72. The Morgan fingerprint density at radius 1 is 1.00 bits per heavy atom. The Kier molecular flexibility index (Phi) is 6.36. The quantitative estimate of drug-likeness (QED) is 0.639. The second-order valence-corrected chi connectivity index (χ2v) is 6.37. The smallest absolute Gasteiger partial charge is 0.191 e. The van der Waals surface area contributed by atoms with Gasteiger partial charge in [0.1, 0.15) is 0 Å². The molecule has 1 aliphatic rings. The highest BCUT2D eigenvalue weighted by molar-refractivity contribution is 5.79. The van der Waals surface area contributed by atoms with Crippen molar-refractivity contribution in [1.29, 1.82) is 0 Å². The summed E-state index contributed by atoms with van der Waals surface area (Å²) in [6, 6.07) is 14.5. The molecule has 1 aliphatic heterocycles. The molecule has 0 aromatic heterocycles. The predicted octanol–water partition coefficient (Wildman–Crippen LogP) is 3.41. The maximum Gasteiger partial charge on any atom is 0.191 e. The summed E-state index contributed by atoms with van der Waals surface area (Å²) in [5.74, 6) is 2.45. The first-order valence-electron chi connectivity index (χ1n) is 9.21. The van der Waals surface area contributed by atoms with Crippen LogP contribution < -0.4 is 20.1 Å². The fourth-order valence-electron chi connectivity index (χ4n) is 2.83. The topological polar surface area (TPSA) is 54.9 Å². The first kappa shape index (κ1) is 18.1. The van der Waals surface area contributed by atoms with Gasteiger partial charge in [0.25, 0.3) is 0 Å². The molecule has 0 radical (unpaired) electrons. The van der Waals surface area contributed by atoms with Crippen molar-refractivity contribution in [2.75, 3.05) is 19.8 Å². The van der Waals surface area contributed by atoms with E-state index >= 15 is 0 Å². The van der Waals surface area contributed by atoms with Gasteiger partial charge in [-0.2, -0.15) is 0 Å². The second-order valence-electron chi connectivity index (χ2n) is 6.37. The number of nitrogens with zero attached hydrogens (tertiary/aromatic N) is 1. The number of ether oxygens (including phenoxy) is 2. The number of benzene rings is 2. The molecule has 5 nitrogen and oxygen atoms in total. The number of hydrogen-bond acceptors (Lipinski definition) is 3. The summed E-state index contributed by atoms with van der Waals surface area (Å²) in [7, 11) is 0. The zero-order valence-electron chi connectivity index (χ0n) is 15.5. The fourth-order valence-corrected chi connectivity index (χ4v) is 2.83.